The van der Waals surface area contributed by atoms with Gasteiger partial charge in [0.2, 0.25) is 5.91 Å². The average molecular weight is 296 g/mol. The molecule has 5 heteroatoms. The molecule has 3 unspecified atom stereocenters. The van der Waals surface area contributed by atoms with Gasteiger partial charge in [0.15, 0.2) is 0 Å². The summed E-state index contributed by atoms with van der Waals surface area (Å²) in [4.78, 5) is 17.3. The second-order valence-corrected chi connectivity index (χ2v) is 7.71. The first-order valence-corrected chi connectivity index (χ1v) is 8.90. The number of nitrogens with zero attached hydrogens (tertiary/aromatic N) is 1. The highest BCUT2D eigenvalue weighted by Gasteiger charge is 2.43. The summed E-state index contributed by atoms with van der Waals surface area (Å²) in [5.74, 6) is 2.57. The van der Waals surface area contributed by atoms with Crippen LogP contribution < -0.4 is 5.32 Å². The van der Waals surface area contributed by atoms with Gasteiger partial charge >= 0.3 is 0 Å². The minimum Gasteiger partial charge on any atom is -0.317 e. The molecule has 1 amide bonds. The molecule has 0 bridgehead atoms. The highest BCUT2D eigenvalue weighted by molar-refractivity contribution is 7.99. The number of aryl methyl sites for hydroxylation is 1. The van der Waals surface area contributed by atoms with Crippen molar-refractivity contribution in [3.8, 4) is 0 Å². The quantitative estimate of drug-likeness (QED) is 0.931. The Bertz CT molecular complexity index is 468. The number of thioether (sulfide) groups is 1. The zero-order valence-corrected chi connectivity index (χ0v) is 13.0. The predicted octanol–water partition coefficient (Wildman–Crippen LogP) is 2.77. The smallest absolute Gasteiger partial charge is 0.241 e. The van der Waals surface area contributed by atoms with E-state index in [9.17, 15) is 4.79 Å². The summed E-state index contributed by atoms with van der Waals surface area (Å²) in [6, 6.07) is 4.72. The Morgan fingerprint density at radius 3 is 2.89 bits per heavy atom. The molecule has 19 heavy (non-hydrogen) atoms. The Morgan fingerprint density at radius 2 is 2.32 bits per heavy atom. The Hall–Kier alpha value is -0.520. The minimum atomic E-state index is -0.00185. The third-order valence-corrected chi connectivity index (χ3v) is 6.13. The van der Waals surface area contributed by atoms with Crippen LogP contribution in [0.5, 0.6) is 0 Å². The van der Waals surface area contributed by atoms with Gasteiger partial charge in [-0.1, -0.05) is 6.92 Å². The van der Waals surface area contributed by atoms with E-state index in [-0.39, 0.29) is 12.2 Å². The molecule has 0 spiro atoms. The topological polar surface area (TPSA) is 32.3 Å². The number of rotatable bonds is 3. The van der Waals surface area contributed by atoms with Crippen LogP contribution >= 0.6 is 23.1 Å². The molecule has 2 saturated heterocycles. The molecule has 1 aromatic rings. The van der Waals surface area contributed by atoms with Crippen LogP contribution in [0.15, 0.2) is 12.1 Å². The van der Waals surface area contributed by atoms with Gasteiger partial charge < -0.3 is 4.90 Å². The Balaban J connectivity index is 1.89. The predicted molar refractivity (Wildman–Crippen MR) is 81.6 cm³/mol. The molecule has 3 nitrogen and oxygen atoms in total. The van der Waals surface area contributed by atoms with Gasteiger partial charge in [-0.05, 0) is 37.7 Å². The molecule has 0 aromatic carbocycles. The monoisotopic (exact) mass is 296 g/mol. The van der Waals surface area contributed by atoms with Crippen LogP contribution in [-0.2, 0) is 4.79 Å². The molecular formula is C14H20N2OS2. The fourth-order valence-corrected chi connectivity index (χ4v) is 5.04. The van der Waals surface area contributed by atoms with Crippen molar-refractivity contribution in [2.24, 2.45) is 0 Å². The Kier molecular flexibility index (Phi) is 3.87. The van der Waals surface area contributed by atoms with E-state index in [2.05, 4.69) is 36.2 Å². The van der Waals surface area contributed by atoms with E-state index in [0.717, 1.165) is 18.6 Å². The van der Waals surface area contributed by atoms with E-state index in [4.69, 9.17) is 0 Å². The average Bonchev–Trinajstić information content (AvgIpc) is 3.08. The van der Waals surface area contributed by atoms with Gasteiger partial charge in [-0.25, -0.2) is 0 Å². The molecule has 1 aromatic heterocycles. The normalized spacial score (nSPS) is 31.4. The van der Waals surface area contributed by atoms with Gasteiger partial charge in [0.05, 0.1) is 6.04 Å². The van der Waals surface area contributed by atoms with E-state index in [1.807, 2.05) is 11.8 Å². The number of hydrogen-bond donors (Lipinski definition) is 1. The van der Waals surface area contributed by atoms with Crippen molar-refractivity contribution >= 4 is 29.0 Å². The van der Waals surface area contributed by atoms with Crippen LogP contribution in [0, 0.1) is 6.92 Å². The molecule has 2 aliphatic heterocycles. The van der Waals surface area contributed by atoms with E-state index in [0.29, 0.717) is 11.9 Å². The molecule has 3 heterocycles. The van der Waals surface area contributed by atoms with Gasteiger partial charge in [-0.3, -0.25) is 10.1 Å². The van der Waals surface area contributed by atoms with Gasteiger partial charge in [-0.2, -0.15) is 11.8 Å². The van der Waals surface area contributed by atoms with Crippen molar-refractivity contribution in [3.63, 3.8) is 0 Å². The summed E-state index contributed by atoms with van der Waals surface area (Å²) in [6.07, 6.45) is 2.10. The highest BCUT2D eigenvalue weighted by Crippen LogP contribution is 2.36. The number of thiophene rings is 1. The SMILES string of the molecule is CCC1NC(c2ccc(C)s2)N(C2CCSC2)C1=O. The van der Waals surface area contributed by atoms with Gasteiger partial charge in [0.25, 0.3) is 0 Å². The van der Waals surface area contributed by atoms with Crippen LogP contribution in [0.25, 0.3) is 0 Å². The van der Waals surface area contributed by atoms with Gasteiger partial charge in [0, 0.05) is 21.5 Å². The molecular weight excluding hydrogens is 276 g/mol. The molecule has 0 saturated carbocycles. The number of carbonyl (C=O) groups excluding carboxylic acids is 1. The first-order chi connectivity index (χ1) is 9.20. The van der Waals surface area contributed by atoms with Crippen molar-refractivity contribution in [2.75, 3.05) is 11.5 Å². The van der Waals surface area contributed by atoms with Crippen molar-refractivity contribution in [1.29, 1.82) is 0 Å². The standard InChI is InChI=1S/C14H20N2OS2/c1-3-11-14(17)16(10-6-7-18-8-10)13(15-11)12-5-4-9(2)19-12/h4-5,10-11,13,15H,3,6-8H2,1-2H3. The number of carbonyl (C=O) groups is 1. The van der Waals surface area contributed by atoms with Gasteiger partial charge in [-0.15, -0.1) is 11.3 Å². The van der Waals surface area contributed by atoms with Crippen LogP contribution in [0.2, 0.25) is 0 Å². The summed E-state index contributed by atoms with van der Waals surface area (Å²) in [5, 5.41) is 3.52. The zero-order valence-electron chi connectivity index (χ0n) is 11.4. The summed E-state index contributed by atoms with van der Waals surface area (Å²) in [5.41, 5.74) is 0. The largest absolute Gasteiger partial charge is 0.317 e. The lowest BCUT2D eigenvalue weighted by atomic mass is 10.2. The lowest BCUT2D eigenvalue weighted by Gasteiger charge is -2.29. The summed E-state index contributed by atoms with van der Waals surface area (Å²) in [6.45, 7) is 4.21. The second-order valence-electron chi connectivity index (χ2n) is 5.24. The van der Waals surface area contributed by atoms with Crippen molar-refractivity contribution in [3.05, 3.63) is 21.9 Å². The third-order valence-electron chi connectivity index (χ3n) is 3.93. The van der Waals surface area contributed by atoms with E-state index in [1.54, 1.807) is 11.3 Å². The molecule has 0 aliphatic carbocycles. The van der Waals surface area contributed by atoms with Crippen LogP contribution in [0.1, 0.15) is 35.7 Å². The zero-order chi connectivity index (χ0) is 13.4. The molecule has 104 valence electrons. The van der Waals surface area contributed by atoms with Crippen LogP contribution in [0.4, 0.5) is 0 Å². The van der Waals surface area contributed by atoms with Crippen molar-refractivity contribution < 1.29 is 4.79 Å². The number of nitrogens with one attached hydrogen (secondary N) is 1. The summed E-state index contributed by atoms with van der Waals surface area (Å²) < 4.78 is 0. The molecule has 3 atom stereocenters. The lowest BCUT2D eigenvalue weighted by Crippen LogP contribution is -2.40. The van der Waals surface area contributed by atoms with Crippen molar-refractivity contribution in [1.82, 2.24) is 10.2 Å². The Labute approximate surface area is 122 Å². The van der Waals surface area contributed by atoms with Crippen LogP contribution in [0.3, 0.4) is 0 Å². The first-order valence-electron chi connectivity index (χ1n) is 6.93. The van der Waals surface area contributed by atoms with Gasteiger partial charge in [0.1, 0.15) is 6.17 Å². The van der Waals surface area contributed by atoms with Crippen molar-refractivity contribution in [2.45, 2.75) is 44.9 Å². The third kappa shape index (κ3) is 2.43. The van der Waals surface area contributed by atoms with E-state index >= 15 is 0 Å². The maximum atomic E-state index is 12.6. The Morgan fingerprint density at radius 1 is 1.47 bits per heavy atom. The first kappa shape index (κ1) is 13.5. The second kappa shape index (κ2) is 5.46. The number of hydrogen-bond acceptors (Lipinski definition) is 4. The summed E-state index contributed by atoms with van der Waals surface area (Å²) in [7, 11) is 0. The molecule has 2 fully saturated rings. The maximum absolute atomic E-state index is 12.6. The summed E-state index contributed by atoms with van der Waals surface area (Å²) >= 11 is 3.76. The van der Waals surface area contributed by atoms with E-state index in [1.165, 1.54) is 15.5 Å². The fourth-order valence-electron chi connectivity index (χ4n) is 2.89. The molecule has 0 radical (unpaired) electrons. The molecule has 1 N–H and O–H groups in total. The minimum absolute atomic E-state index is 0.00185. The molecule has 2 aliphatic rings. The molecule has 3 rings (SSSR count). The number of amides is 1. The lowest BCUT2D eigenvalue weighted by molar-refractivity contribution is -0.131. The van der Waals surface area contributed by atoms with E-state index < -0.39 is 0 Å². The fraction of sp³-hybridized carbons (Fsp3) is 0.643. The highest BCUT2D eigenvalue weighted by atomic mass is 32.2. The van der Waals surface area contributed by atoms with Crippen LogP contribution in [-0.4, -0.2) is 34.4 Å². The maximum Gasteiger partial charge on any atom is 0.241 e.